The lowest BCUT2D eigenvalue weighted by Crippen LogP contribution is -1.97. The Hall–Kier alpha value is -2.58. The summed E-state index contributed by atoms with van der Waals surface area (Å²) in [6.07, 6.45) is 3.23. The molecule has 0 N–H and O–H groups in total. The smallest absolute Gasteiger partial charge is 0.162 e. The zero-order valence-electron chi connectivity index (χ0n) is 13.1. The normalized spacial score (nSPS) is 10.8. The molecule has 2 rings (SSSR count). The first-order valence-electron chi connectivity index (χ1n) is 7.08. The van der Waals surface area contributed by atoms with E-state index in [1.807, 2.05) is 6.07 Å². The highest BCUT2D eigenvalue weighted by atomic mass is 79.9. The number of halogens is 2. The Bertz CT molecular complexity index is 825. The summed E-state index contributed by atoms with van der Waals surface area (Å²) in [5.41, 5.74) is 1.14. The predicted molar refractivity (Wildman–Crippen MR) is 96.3 cm³/mol. The van der Waals surface area contributed by atoms with E-state index in [1.54, 1.807) is 42.5 Å². The van der Waals surface area contributed by atoms with Crippen LogP contribution in [0.15, 0.2) is 53.5 Å². The quantitative estimate of drug-likeness (QED) is 0.387. The molecule has 0 bridgehead atoms. The van der Waals surface area contributed by atoms with Crippen LogP contribution in [0.25, 0.3) is 11.6 Å². The van der Waals surface area contributed by atoms with Crippen molar-refractivity contribution in [2.75, 3.05) is 13.7 Å². The van der Waals surface area contributed by atoms with Crippen LogP contribution in [0.4, 0.5) is 4.39 Å². The van der Waals surface area contributed by atoms with E-state index in [2.05, 4.69) is 22.5 Å². The third kappa shape index (κ3) is 4.03. The van der Waals surface area contributed by atoms with Crippen molar-refractivity contribution in [2.24, 2.45) is 0 Å². The second-order valence-corrected chi connectivity index (χ2v) is 5.63. The third-order valence-corrected chi connectivity index (χ3v) is 3.91. The average molecular weight is 388 g/mol. The van der Waals surface area contributed by atoms with E-state index in [9.17, 15) is 9.65 Å². The van der Waals surface area contributed by atoms with Gasteiger partial charge in [0, 0.05) is 10.0 Å². The minimum Gasteiger partial charge on any atom is -0.493 e. The van der Waals surface area contributed by atoms with Gasteiger partial charge in [-0.05, 0) is 29.8 Å². The minimum atomic E-state index is -0.445. The fourth-order valence-corrected chi connectivity index (χ4v) is 2.52. The van der Waals surface area contributed by atoms with Crippen molar-refractivity contribution >= 4 is 27.6 Å². The number of hydrogen-bond acceptors (Lipinski definition) is 3. The molecule has 0 amide bonds. The maximum absolute atomic E-state index is 13.9. The van der Waals surface area contributed by atoms with Crippen molar-refractivity contribution in [1.82, 2.24) is 0 Å². The second kappa shape index (κ2) is 8.32. The van der Waals surface area contributed by atoms with Gasteiger partial charge < -0.3 is 9.47 Å². The van der Waals surface area contributed by atoms with E-state index in [4.69, 9.17) is 9.47 Å². The first kappa shape index (κ1) is 17.8. The topological polar surface area (TPSA) is 42.2 Å². The van der Waals surface area contributed by atoms with Crippen LogP contribution in [0.5, 0.6) is 11.5 Å². The summed E-state index contributed by atoms with van der Waals surface area (Å²) in [6.45, 7) is 3.95. The lowest BCUT2D eigenvalue weighted by atomic mass is 10.0. The molecular formula is C19H15BrFNO2. The third-order valence-electron chi connectivity index (χ3n) is 3.22. The van der Waals surface area contributed by atoms with Crippen molar-refractivity contribution in [1.29, 1.82) is 5.26 Å². The fraction of sp³-hybridized carbons (Fsp3) is 0.105. The number of rotatable bonds is 6. The number of hydrogen-bond donors (Lipinski definition) is 0. The van der Waals surface area contributed by atoms with E-state index in [-0.39, 0.29) is 11.1 Å². The molecule has 0 aliphatic heterocycles. The number of ether oxygens (including phenoxy) is 2. The van der Waals surface area contributed by atoms with Crippen molar-refractivity contribution in [3.05, 3.63) is 70.5 Å². The summed E-state index contributed by atoms with van der Waals surface area (Å²) in [7, 11) is 1.53. The minimum absolute atomic E-state index is 0.218. The standard InChI is InChI=1S/C19H15BrFNO2/c1-3-8-24-19-11-16(20)13(10-18(19)23-2)9-14(12-22)15-6-4-5-7-17(15)21/h3-7,9-11H,1,8H2,2H3/b14-9-. The first-order valence-corrected chi connectivity index (χ1v) is 7.88. The van der Waals surface area contributed by atoms with Gasteiger partial charge in [-0.3, -0.25) is 0 Å². The Morgan fingerprint density at radius 3 is 2.71 bits per heavy atom. The van der Waals surface area contributed by atoms with Gasteiger partial charge >= 0.3 is 0 Å². The molecule has 0 saturated carbocycles. The maximum atomic E-state index is 13.9. The van der Waals surface area contributed by atoms with Crippen LogP contribution >= 0.6 is 15.9 Å². The number of nitrogens with zero attached hydrogens (tertiary/aromatic N) is 1. The molecule has 5 heteroatoms. The monoisotopic (exact) mass is 387 g/mol. The highest BCUT2D eigenvalue weighted by molar-refractivity contribution is 9.10. The van der Waals surface area contributed by atoms with Crippen LogP contribution in [0, 0.1) is 17.1 Å². The number of benzene rings is 2. The summed E-state index contributed by atoms with van der Waals surface area (Å²) in [5.74, 6) is 0.613. The summed E-state index contributed by atoms with van der Waals surface area (Å²) < 4.78 is 25.5. The SMILES string of the molecule is C=CCOc1cc(Br)c(/C=C(/C#N)c2ccccc2F)cc1OC. The molecule has 24 heavy (non-hydrogen) atoms. The molecule has 122 valence electrons. The molecule has 0 atom stereocenters. The summed E-state index contributed by atoms with van der Waals surface area (Å²) >= 11 is 3.44. The van der Waals surface area contributed by atoms with Crippen molar-refractivity contribution in [3.8, 4) is 17.6 Å². The molecule has 0 spiro atoms. The molecule has 0 saturated heterocycles. The van der Waals surface area contributed by atoms with Crippen LogP contribution in [0.1, 0.15) is 11.1 Å². The zero-order valence-corrected chi connectivity index (χ0v) is 14.6. The number of methoxy groups -OCH3 is 1. The lowest BCUT2D eigenvalue weighted by Gasteiger charge is -2.12. The maximum Gasteiger partial charge on any atom is 0.162 e. The highest BCUT2D eigenvalue weighted by Crippen LogP contribution is 2.35. The van der Waals surface area contributed by atoms with Gasteiger partial charge in [0.2, 0.25) is 0 Å². The first-order chi connectivity index (χ1) is 11.6. The zero-order chi connectivity index (χ0) is 17.5. The summed E-state index contributed by atoms with van der Waals surface area (Å²) in [5, 5.41) is 9.39. The molecule has 0 aliphatic rings. The Kier molecular flexibility index (Phi) is 6.16. The van der Waals surface area contributed by atoms with Gasteiger partial charge in [-0.1, -0.05) is 46.8 Å². The van der Waals surface area contributed by atoms with Crippen molar-refractivity contribution in [3.63, 3.8) is 0 Å². The molecule has 2 aromatic rings. The van der Waals surface area contributed by atoms with Crippen LogP contribution in [0.2, 0.25) is 0 Å². The fourth-order valence-electron chi connectivity index (χ4n) is 2.09. The molecule has 0 unspecified atom stereocenters. The molecule has 0 aromatic heterocycles. The van der Waals surface area contributed by atoms with Gasteiger partial charge in [-0.2, -0.15) is 5.26 Å². The van der Waals surface area contributed by atoms with Gasteiger partial charge in [0.1, 0.15) is 12.4 Å². The Labute approximate surface area is 148 Å². The van der Waals surface area contributed by atoms with Gasteiger partial charge in [-0.15, -0.1) is 0 Å². The van der Waals surface area contributed by atoms with Crippen molar-refractivity contribution in [2.45, 2.75) is 0 Å². The van der Waals surface area contributed by atoms with Crippen LogP contribution < -0.4 is 9.47 Å². The van der Waals surface area contributed by atoms with E-state index in [0.717, 1.165) is 0 Å². The van der Waals surface area contributed by atoms with Gasteiger partial charge in [0.25, 0.3) is 0 Å². The predicted octanol–water partition coefficient (Wildman–Crippen LogP) is 5.23. The molecule has 0 heterocycles. The number of nitriles is 1. The van der Waals surface area contributed by atoms with Crippen LogP contribution in [-0.2, 0) is 0 Å². The molecular weight excluding hydrogens is 373 g/mol. The summed E-state index contributed by atoms with van der Waals surface area (Å²) in [4.78, 5) is 0. The molecule has 0 aliphatic carbocycles. The number of allylic oxidation sites excluding steroid dienone is 1. The largest absolute Gasteiger partial charge is 0.493 e. The Morgan fingerprint density at radius 1 is 1.33 bits per heavy atom. The van der Waals surface area contributed by atoms with E-state index in [0.29, 0.717) is 28.1 Å². The molecule has 0 fully saturated rings. The van der Waals surface area contributed by atoms with E-state index < -0.39 is 5.82 Å². The van der Waals surface area contributed by atoms with Crippen LogP contribution in [0.3, 0.4) is 0 Å². The van der Waals surface area contributed by atoms with Gasteiger partial charge in [0.05, 0.1) is 18.8 Å². The second-order valence-electron chi connectivity index (χ2n) is 4.77. The lowest BCUT2D eigenvalue weighted by molar-refractivity contribution is 0.326. The Balaban J connectivity index is 2.49. The highest BCUT2D eigenvalue weighted by Gasteiger charge is 2.12. The summed E-state index contributed by atoms with van der Waals surface area (Å²) in [6, 6.07) is 11.7. The van der Waals surface area contributed by atoms with Gasteiger partial charge in [0.15, 0.2) is 11.5 Å². The molecule has 0 radical (unpaired) electrons. The Morgan fingerprint density at radius 2 is 2.08 bits per heavy atom. The van der Waals surface area contributed by atoms with Crippen LogP contribution in [-0.4, -0.2) is 13.7 Å². The molecule has 3 nitrogen and oxygen atoms in total. The average Bonchev–Trinajstić information content (AvgIpc) is 2.59. The molecule has 2 aromatic carbocycles. The van der Waals surface area contributed by atoms with Crippen molar-refractivity contribution < 1.29 is 13.9 Å². The van der Waals surface area contributed by atoms with E-state index >= 15 is 0 Å². The van der Waals surface area contributed by atoms with Gasteiger partial charge in [-0.25, -0.2) is 4.39 Å². The van der Waals surface area contributed by atoms with E-state index in [1.165, 1.54) is 13.2 Å².